The van der Waals surface area contributed by atoms with Crippen LogP contribution in [0.3, 0.4) is 0 Å². The predicted molar refractivity (Wildman–Crippen MR) is 59.4 cm³/mol. The lowest BCUT2D eigenvalue weighted by molar-refractivity contribution is 0.409. The molecule has 2 rings (SSSR count). The Hall–Kier alpha value is -0.870. The normalized spacial score (nSPS) is 26.0. The third-order valence-electron chi connectivity index (χ3n) is 2.92. The van der Waals surface area contributed by atoms with E-state index in [1.165, 1.54) is 0 Å². The Kier molecular flexibility index (Phi) is 2.56. The number of rotatable bonds is 2. The minimum absolute atomic E-state index is 0.0650. The maximum absolute atomic E-state index is 12.0. The molecule has 3 nitrogen and oxygen atoms in total. The van der Waals surface area contributed by atoms with Gasteiger partial charge in [-0.15, -0.1) is 0 Å². The maximum Gasteiger partial charge on any atom is 0.181 e. The van der Waals surface area contributed by atoms with Gasteiger partial charge in [0.15, 0.2) is 9.84 Å². The zero-order chi connectivity index (χ0) is 11.1. The van der Waals surface area contributed by atoms with Gasteiger partial charge in [0.25, 0.3) is 0 Å². The Balaban J connectivity index is 2.26. The largest absolute Gasteiger partial charge is 0.328 e. The summed E-state index contributed by atoms with van der Waals surface area (Å²) in [5.74, 6) is 0. The molecule has 0 saturated heterocycles. The SMILES string of the molecule is Cc1ccc(S(=O)(=O)C2CC(N)C2)cc1. The maximum atomic E-state index is 12.0. The topological polar surface area (TPSA) is 60.2 Å². The molecule has 1 aliphatic rings. The van der Waals surface area contributed by atoms with Crippen molar-refractivity contribution in [3.63, 3.8) is 0 Å². The van der Waals surface area contributed by atoms with E-state index in [0.717, 1.165) is 5.56 Å². The molecule has 1 aliphatic carbocycles. The fraction of sp³-hybridized carbons (Fsp3) is 0.455. The third-order valence-corrected chi connectivity index (χ3v) is 5.11. The second-order valence-corrected chi connectivity index (χ2v) is 6.44. The molecule has 0 radical (unpaired) electrons. The first-order valence-electron chi connectivity index (χ1n) is 5.06. The van der Waals surface area contributed by atoms with Gasteiger partial charge in [0, 0.05) is 6.04 Å². The highest BCUT2D eigenvalue weighted by molar-refractivity contribution is 7.92. The van der Waals surface area contributed by atoms with Crippen LogP contribution in [0.5, 0.6) is 0 Å². The van der Waals surface area contributed by atoms with Crippen LogP contribution in [0.25, 0.3) is 0 Å². The quantitative estimate of drug-likeness (QED) is 0.824. The number of sulfone groups is 1. The van der Waals surface area contributed by atoms with Crippen molar-refractivity contribution in [2.45, 2.75) is 36.0 Å². The van der Waals surface area contributed by atoms with Crippen molar-refractivity contribution < 1.29 is 8.42 Å². The van der Waals surface area contributed by atoms with Gasteiger partial charge in [0.1, 0.15) is 0 Å². The molecule has 0 amide bonds. The van der Waals surface area contributed by atoms with E-state index in [9.17, 15) is 8.42 Å². The van der Waals surface area contributed by atoms with Crippen LogP contribution in [-0.4, -0.2) is 19.7 Å². The van der Waals surface area contributed by atoms with Crippen LogP contribution in [0, 0.1) is 6.92 Å². The molecule has 0 aromatic heterocycles. The second-order valence-electron chi connectivity index (χ2n) is 4.21. The molecule has 0 heterocycles. The summed E-state index contributed by atoms with van der Waals surface area (Å²) in [6.07, 6.45) is 1.19. The molecular weight excluding hydrogens is 210 g/mol. The highest BCUT2D eigenvalue weighted by Crippen LogP contribution is 2.30. The van der Waals surface area contributed by atoms with Gasteiger partial charge in [-0.1, -0.05) is 17.7 Å². The summed E-state index contributed by atoms with van der Waals surface area (Å²) >= 11 is 0. The molecule has 82 valence electrons. The van der Waals surface area contributed by atoms with E-state index >= 15 is 0 Å². The van der Waals surface area contributed by atoms with E-state index in [4.69, 9.17) is 5.73 Å². The lowest BCUT2D eigenvalue weighted by atomic mass is 9.93. The monoisotopic (exact) mass is 225 g/mol. The smallest absolute Gasteiger partial charge is 0.181 e. The van der Waals surface area contributed by atoms with Crippen LogP contribution in [0.2, 0.25) is 0 Å². The molecule has 0 atom stereocenters. The van der Waals surface area contributed by atoms with Crippen molar-refractivity contribution in [1.82, 2.24) is 0 Å². The predicted octanol–water partition coefficient (Wildman–Crippen LogP) is 1.26. The van der Waals surface area contributed by atoms with Crippen molar-refractivity contribution in [2.24, 2.45) is 5.73 Å². The van der Waals surface area contributed by atoms with Gasteiger partial charge < -0.3 is 5.73 Å². The molecule has 4 heteroatoms. The van der Waals surface area contributed by atoms with Crippen molar-refractivity contribution in [3.05, 3.63) is 29.8 Å². The molecule has 0 bridgehead atoms. The summed E-state index contributed by atoms with van der Waals surface area (Å²) in [5.41, 5.74) is 6.67. The van der Waals surface area contributed by atoms with Crippen molar-refractivity contribution in [2.75, 3.05) is 0 Å². The zero-order valence-electron chi connectivity index (χ0n) is 8.68. The molecule has 0 unspecified atom stereocenters. The van der Waals surface area contributed by atoms with Crippen molar-refractivity contribution in [3.8, 4) is 0 Å². The highest BCUT2D eigenvalue weighted by atomic mass is 32.2. The van der Waals surface area contributed by atoms with Gasteiger partial charge in [0.05, 0.1) is 10.1 Å². The fourth-order valence-corrected chi connectivity index (χ4v) is 3.68. The van der Waals surface area contributed by atoms with Crippen LogP contribution in [0.4, 0.5) is 0 Å². The van der Waals surface area contributed by atoms with Crippen LogP contribution in [0.15, 0.2) is 29.2 Å². The summed E-state index contributed by atoms with van der Waals surface area (Å²) in [5, 5.41) is -0.268. The van der Waals surface area contributed by atoms with Gasteiger partial charge in [-0.2, -0.15) is 0 Å². The van der Waals surface area contributed by atoms with Crippen molar-refractivity contribution >= 4 is 9.84 Å². The molecule has 1 aromatic rings. The Morgan fingerprint density at radius 3 is 2.20 bits per heavy atom. The average molecular weight is 225 g/mol. The van der Waals surface area contributed by atoms with E-state index in [0.29, 0.717) is 17.7 Å². The Bertz CT molecular complexity index is 444. The number of benzene rings is 1. The van der Waals surface area contributed by atoms with Crippen LogP contribution in [-0.2, 0) is 9.84 Å². The van der Waals surface area contributed by atoms with Crippen LogP contribution >= 0.6 is 0 Å². The van der Waals surface area contributed by atoms with Crippen LogP contribution < -0.4 is 5.73 Å². The molecule has 1 aromatic carbocycles. The third kappa shape index (κ3) is 1.92. The summed E-state index contributed by atoms with van der Waals surface area (Å²) in [6, 6.07) is 7.06. The van der Waals surface area contributed by atoms with Gasteiger partial charge in [0.2, 0.25) is 0 Å². The lowest BCUT2D eigenvalue weighted by Crippen LogP contribution is -2.44. The van der Waals surface area contributed by atoms with E-state index in [1.807, 2.05) is 19.1 Å². The standard InChI is InChI=1S/C11H15NO2S/c1-8-2-4-10(5-3-8)15(13,14)11-6-9(12)7-11/h2-5,9,11H,6-7,12H2,1H3. The minimum atomic E-state index is -3.13. The number of hydrogen-bond acceptors (Lipinski definition) is 3. The molecule has 15 heavy (non-hydrogen) atoms. The summed E-state index contributed by atoms with van der Waals surface area (Å²) in [6.45, 7) is 1.94. The van der Waals surface area contributed by atoms with E-state index in [1.54, 1.807) is 12.1 Å². The number of aryl methyl sites for hydroxylation is 1. The van der Waals surface area contributed by atoms with Gasteiger partial charge in [-0.25, -0.2) is 8.42 Å². The first kappa shape index (κ1) is 10.6. The first-order chi connectivity index (χ1) is 7.00. The Morgan fingerprint density at radius 1 is 1.20 bits per heavy atom. The summed E-state index contributed by atoms with van der Waals surface area (Å²) in [4.78, 5) is 0.421. The first-order valence-corrected chi connectivity index (χ1v) is 6.61. The van der Waals surface area contributed by atoms with Gasteiger partial charge in [-0.05, 0) is 31.9 Å². The number of nitrogens with two attached hydrogens (primary N) is 1. The summed E-state index contributed by atoms with van der Waals surface area (Å²) in [7, 11) is -3.13. The minimum Gasteiger partial charge on any atom is -0.328 e. The molecule has 0 aliphatic heterocycles. The van der Waals surface area contributed by atoms with Gasteiger partial charge >= 0.3 is 0 Å². The second kappa shape index (κ2) is 3.61. The molecule has 2 N–H and O–H groups in total. The van der Waals surface area contributed by atoms with E-state index in [2.05, 4.69) is 0 Å². The molecule has 1 fully saturated rings. The van der Waals surface area contributed by atoms with Crippen molar-refractivity contribution in [1.29, 1.82) is 0 Å². The van der Waals surface area contributed by atoms with E-state index < -0.39 is 9.84 Å². The highest BCUT2D eigenvalue weighted by Gasteiger charge is 2.37. The molecule has 1 saturated carbocycles. The lowest BCUT2D eigenvalue weighted by Gasteiger charge is -2.31. The van der Waals surface area contributed by atoms with Gasteiger partial charge in [-0.3, -0.25) is 0 Å². The average Bonchev–Trinajstić information content (AvgIpc) is 2.13. The Labute approximate surface area is 90.2 Å². The fourth-order valence-electron chi connectivity index (χ4n) is 1.78. The zero-order valence-corrected chi connectivity index (χ0v) is 9.50. The van der Waals surface area contributed by atoms with Crippen LogP contribution in [0.1, 0.15) is 18.4 Å². The van der Waals surface area contributed by atoms with E-state index in [-0.39, 0.29) is 11.3 Å². The molecular formula is C11H15NO2S. The molecule has 0 spiro atoms. The summed E-state index contributed by atoms with van der Waals surface area (Å²) < 4.78 is 24.0. The Morgan fingerprint density at radius 2 is 1.73 bits per heavy atom. The number of hydrogen-bond donors (Lipinski definition) is 1.